The van der Waals surface area contributed by atoms with E-state index in [-0.39, 0.29) is 0 Å². The van der Waals surface area contributed by atoms with E-state index in [1.54, 1.807) is 19.2 Å². The highest BCUT2D eigenvalue weighted by Gasteiger charge is 2.43. The first-order valence-electron chi connectivity index (χ1n) is 7.20. The number of aromatic nitrogens is 1. The van der Waals surface area contributed by atoms with Crippen molar-refractivity contribution in [2.24, 2.45) is 0 Å². The van der Waals surface area contributed by atoms with Gasteiger partial charge in [0.05, 0.1) is 11.1 Å². The van der Waals surface area contributed by atoms with Crippen LogP contribution in [-0.2, 0) is 5.60 Å². The molecule has 0 spiro atoms. The van der Waals surface area contributed by atoms with Gasteiger partial charge in [0.25, 0.3) is 0 Å². The molecule has 3 rings (SSSR count). The molecule has 3 heterocycles. The fourth-order valence-corrected chi connectivity index (χ4v) is 4.53. The summed E-state index contributed by atoms with van der Waals surface area (Å²) in [5.41, 5.74) is -1.20. The number of amides is 1. The van der Waals surface area contributed by atoms with Crippen molar-refractivity contribution in [1.29, 1.82) is 0 Å². The third kappa shape index (κ3) is 2.45. The zero-order valence-corrected chi connectivity index (χ0v) is 13.7. The molecular weight excluding hydrogens is 324 g/mol. The lowest BCUT2D eigenvalue weighted by molar-refractivity contribution is -0.0332. The van der Waals surface area contributed by atoms with Crippen LogP contribution in [0.4, 0.5) is 4.79 Å². The number of aliphatic hydroxyl groups is 1. The van der Waals surface area contributed by atoms with Crippen LogP contribution >= 0.6 is 22.9 Å². The molecular formula is C15H17ClN2O3S. The molecule has 0 saturated carbocycles. The monoisotopic (exact) mass is 340 g/mol. The molecule has 0 radical (unpaired) electrons. The van der Waals surface area contributed by atoms with Gasteiger partial charge in [-0.1, -0.05) is 11.6 Å². The second-order valence-corrected chi connectivity index (χ2v) is 7.09. The maximum absolute atomic E-state index is 11.4. The number of nitrogens with zero attached hydrogens (tertiary/aromatic N) is 2. The van der Waals surface area contributed by atoms with Gasteiger partial charge in [-0.2, -0.15) is 0 Å². The molecule has 1 amide bonds. The van der Waals surface area contributed by atoms with E-state index >= 15 is 0 Å². The molecule has 1 aliphatic heterocycles. The highest BCUT2D eigenvalue weighted by atomic mass is 35.5. The zero-order chi connectivity index (χ0) is 15.9. The van der Waals surface area contributed by atoms with Gasteiger partial charge in [-0.3, -0.25) is 0 Å². The van der Waals surface area contributed by atoms with Gasteiger partial charge < -0.3 is 15.1 Å². The first kappa shape index (κ1) is 15.5. The molecule has 2 N–H and O–H groups in total. The normalized spacial score (nSPS) is 26.1. The van der Waals surface area contributed by atoms with E-state index in [0.717, 1.165) is 27.9 Å². The van der Waals surface area contributed by atoms with Crippen LogP contribution in [0.25, 0.3) is 10.2 Å². The van der Waals surface area contributed by atoms with Crippen molar-refractivity contribution in [2.45, 2.75) is 37.8 Å². The highest BCUT2D eigenvalue weighted by Crippen LogP contribution is 2.42. The van der Waals surface area contributed by atoms with Crippen LogP contribution in [0, 0.1) is 0 Å². The number of fused-ring (bicyclic) bond motifs is 1. The van der Waals surface area contributed by atoms with Crippen molar-refractivity contribution in [2.75, 3.05) is 6.54 Å². The Balaban J connectivity index is 2.08. The maximum atomic E-state index is 11.4. The number of carbonyl (C=O) groups is 1. The van der Waals surface area contributed by atoms with E-state index in [1.165, 1.54) is 16.2 Å². The minimum atomic E-state index is -1.20. The van der Waals surface area contributed by atoms with Crippen LogP contribution in [0.1, 0.15) is 31.1 Å². The number of thiophene rings is 1. The molecule has 22 heavy (non-hydrogen) atoms. The largest absolute Gasteiger partial charge is 0.465 e. The van der Waals surface area contributed by atoms with E-state index in [9.17, 15) is 15.0 Å². The minimum absolute atomic E-state index is 0.447. The van der Waals surface area contributed by atoms with Gasteiger partial charge in [-0.25, -0.2) is 9.78 Å². The van der Waals surface area contributed by atoms with Crippen LogP contribution in [0.5, 0.6) is 0 Å². The van der Waals surface area contributed by atoms with E-state index in [4.69, 9.17) is 11.6 Å². The Morgan fingerprint density at radius 3 is 3.00 bits per heavy atom. The quantitative estimate of drug-likeness (QED) is 0.830. The van der Waals surface area contributed by atoms with Gasteiger partial charge in [-0.15, -0.1) is 11.3 Å². The number of pyridine rings is 1. The Morgan fingerprint density at radius 2 is 2.32 bits per heavy atom. The number of likely N-dealkylation sites (tertiary alicyclic amines) is 1. The molecule has 118 valence electrons. The molecule has 2 unspecified atom stereocenters. The van der Waals surface area contributed by atoms with Crippen LogP contribution < -0.4 is 0 Å². The summed E-state index contributed by atoms with van der Waals surface area (Å²) in [6, 6.07) is 3.04. The summed E-state index contributed by atoms with van der Waals surface area (Å²) in [6.45, 7) is 2.21. The molecule has 7 heteroatoms. The molecule has 2 atom stereocenters. The van der Waals surface area contributed by atoms with Gasteiger partial charge in [-0.05, 0) is 38.3 Å². The summed E-state index contributed by atoms with van der Waals surface area (Å²) in [6.07, 6.45) is 2.70. The van der Waals surface area contributed by atoms with Crippen molar-refractivity contribution in [3.8, 4) is 0 Å². The predicted octanol–water partition coefficient (Wildman–Crippen LogP) is 3.69. The van der Waals surface area contributed by atoms with Crippen molar-refractivity contribution in [3.05, 3.63) is 28.2 Å². The minimum Gasteiger partial charge on any atom is -0.465 e. The van der Waals surface area contributed by atoms with Crippen LogP contribution in [0.2, 0.25) is 5.02 Å². The van der Waals surface area contributed by atoms with E-state index in [0.29, 0.717) is 18.0 Å². The highest BCUT2D eigenvalue weighted by molar-refractivity contribution is 7.18. The molecule has 5 nitrogen and oxygen atoms in total. The van der Waals surface area contributed by atoms with Crippen molar-refractivity contribution in [3.63, 3.8) is 0 Å². The van der Waals surface area contributed by atoms with Gasteiger partial charge in [0.2, 0.25) is 0 Å². The number of hydrogen-bond acceptors (Lipinski definition) is 4. The summed E-state index contributed by atoms with van der Waals surface area (Å²) in [4.78, 5) is 18.5. The Hall–Kier alpha value is -1.37. The fraction of sp³-hybridized carbons (Fsp3) is 0.467. The fourth-order valence-electron chi connectivity index (χ4n) is 3.05. The van der Waals surface area contributed by atoms with E-state index in [2.05, 4.69) is 4.98 Å². The average molecular weight is 341 g/mol. The SMILES string of the molecule is CC1N(C(=O)O)CCCCC1(O)c1cc2c(Cl)ccnc2s1. The smallest absolute Gasteiger partial charge is 0.407 e. The number of halogens is 1. The summed E-state index contributed by atoms with van der Waals surface area (Å²) < 4.78 is 0. The van der Waals surface area contributed by atoms with Crippen LogP contribution in [0.3, 0.4) is 0 Å². The van der Waals surface area contributed by atoms with E-state index < -0.39 is 17.7 Å². The molecule has 2 aromatic heterocycles. The first-order chi connectivity index (χ1) is 10.4. The second-order valence-electron chi connectivity index (χ2n) is 5.66. The molecule has 0 aromatic carbocycles. The third-order valence-corrected chi connectivity index (χ3v) is 5.96. The Bertz CT molecular complexity index is 720. The predicted molar refractivity (Wildman–Crippen MR) is 86.6 cm³/mol. The van der Waals surface area contributed by atoms with Crippen LogP contribution in [0.15, 0.2) is 18.3 Å². The maximum Gasteiger partial charge on any atom is 0.407 e. The third-order valence-electron chi connectivity index (χ3n) is 4.42. The second kappa shape index (κ2) is 5.68. The topological polar surface area (TPSA) is 73.7 Å². The Morgan fingerprint density at radius 1 is 1.55 bits per heavy atom. The summed E-state index contributed by atoms with van der Waals surface area (Å²) in [5, 5.41) is 22.0. The lowest BCUT2D eigenvalue weighted by Crippen LogP contribution is -2.49. The Kier molecular flexibility index (Phi) is 4.01. The lowest BCUT2D eigenvalue weighted by Gasteiger charge is -2.36. The summed E-state index contributed by atoms with van der Waals surface area (Å²) in [7, 11) is 0. The molecule has 0 aliphatic carbocycles. The van der Waals surface area contributed by atoms with E-state index in [1.807, 2.05) is 6.07 Å². The Labute approximate surface area is 137 Å². The standard InChI is InChI=1S/C15H17ClN2O3S/c1-9-15(21,5-2-3-7-18(9)14(19)20)12-8-10-11(16)4-6-17-13(10)22-12/h4,6,8-9,21H,2-3,5,7H2,1H3,(H,19,20). The van der Waals surface area contributed by atoms with Crippen LogP contribution in [-0.4, -0.2) is 38.8 Å². The summed E-state index contributed by atoms with van der Waals surface area (Å²) in [5.74, 6) is 0. The summed E-state index contributed by atoms with van der Waals surface area (Å²) >= 11 is 7.56. The van der Waals surface area contributed by atoms with Gasteiger partial charge in [0.1, 0.15) is 10.4 Å². The molecule has 1 saturated heterocycles. The van der Waals surface area contributed by atoms with Gasteiger partial charge in [0.15, 0.2) is 0 Å². The van der Waals surface area contributed by atoms with Gasteiger partial charge in [0, 0.05) is 23.0 Å². The van der Waals surface area contributed by atoms with Crippen molar-refractivity contribution < 1.29 is 15.0 Å². The zero-order valence-electron chi connectivity index (χ0n) is 12.1. The number of hydrogen-bond donors (Lipinski definition) is 2. The molecule has 1 fully saturated rings. The van der Waals surface area contributed by atoms with Crippen molar-refractivity contribution >= 4 is 39.2 Å². The molecule has 2 aromatic rings. The average Bonchev–Trinajstić information content (AvgIpc) is 2.85. The number of carboxylic acid groups (broad SMARTS) is 1. The molecule has 1 aliphatic rings. The molecule has 0 bridgehead atoms. The first-order valence-corrected chi connectivity index (χ1v) is 8.39. The lowest BCUT2D eigenvalue weighted by atomic mass is 9.88. The van der Waals surface area contributed by atoms with Crippen molar-refractivity contribution in [1.82, 2.24) is 9.88 Å². The number of rotatable bonds is 1. The van der Waals surface area contributed by atoms with Gasteiger partial charge >= 0.3 is 6.09 Å².